The molecule has 266 valence electrons. The molecule has 0 saturated carbocycles. The maximum atomic E-state index is 17.1. The van der Waals surface area contributed by atoms with Crippen LogP contribution in [0.5, 0.6) is 11.8 Å². The topological polar surface area (TPSA) is 108 Å². The van der Waals surface area contributed by atoms with Crippen LogP contribution in [-0.2, 0) is 4.79 Å². The highest BCUT2D eigenvalue weighted by molar-refractivity contribution is 7.10. The summed E-state index contributed by atoms with van der Waals surface area (Å²) < 4.78 is 52.8. The number of anilines is 1. The molecule has 2 aromatic carbocycles. The Labute approximate surface area is 301 Å². The van der Waals surface area contributed by atoms with Crippen LogP contribution in [0.4, 0.5) is 19.0 Å². The molecule has 52 heavy (non-hydrogen) atoms. The average molecular weight is 726 g/mol. The molecular formula is C38H34F3N7O3S. The van der Waals surface area contributed by atoms with E-state index in [0.29, 0.717) is 61.4 Å². The molecule has 0 aliphatic carbocycles. The Morgan fingerprint density at radius 1 is 1.15 bits per heavy atom. The predicted molar refractivity (Wildman–Crippen MR) is 193 cm³/mol. The minimum Gasteiger partial charge on any atom is -0.508 e. The molecule has 3 fully saturated rings. The summed E-state index contributed by atoms with van der Waals surface area (Å²) in [5, 5.41) is 14.2. The van der Waals surface area contributed by atoms with E-state index in [1.807, 2.05) is 10.3 Å². The number of piperazine rings is 1. The molecular weight excluding hydrogens is 692 g/mol. The third kappa shape index (κ3) is 5.97. The van der Waals surface area contributed by atoms with E-state index in [-0.39, 0.29) is 52.0 Å². The zero-order valence-electron chi connectivity index (χ0n) is 28.3. The second-order valence-corrected chi connectivity index (χ2v) is 14.4. The number of aromatic nitrogens is 4. The molecule has 5 aromatic rings. The van der Waals surface area contributed by atoms with E-state index in [4.69, 9.17) is 16.1 Å². The minimum atomic E-state index is -0.962. The monoisotopic (exact) mass is 725 g/mol. The Morgan fingerprint density at radius 2 is 1.98 bits per heavy atom. The fraction of sp³-hybridized carbons (Fsp3) is 0.342. The van der Waals surface area contributed by atoms with Gasteiger partial charge in [-0.15, -0.1) is 17.8 Å². The third-order valence-electron chi connectivity index (χ3n) is 10.3. The minimum absolute atomic E-state index is 0.0810. The van der Waals surface area contributed by atoms with E-state index in [1.54, 1.807) is 24.1 Å². The fourth-order valence-corrected chi connectivity index (χ4v) is 8.41. The lowest BCUT2D eigenvalue weighted by atomic mass is 9.95. The number of aryl methyl sites for hydroxylation is 1. The van der Waals surface area contributed by atoms with E-state index in [0.717, 1.165) is 24.4 Å². The Kier molecular flexibility index (Phi) is 8.71. The van der Waals surface area contributed by atoms with Gasteiger partial charge < -0.3 is 19.6 Å². The standard InChI is InChI=1S/C38H34F3N7O3S/c1-3-26-28(40)6-5-23-17-25(49)18-27(32(23)26)34-33(41)35-31(22(2)43-34)36(45-37(44-35)51-21-38-9-4-11-48(38)20-24(39)19-38)47-14-12-46(13-15-47)30(50)8-7-29-42-10-16-52-29/h1,5-8,10,16-18,24,49H,4,9,11-15,19-21H2,2H3/b8-7+/t24-,38+/m1/s1. The quantitative estimate of drug-likeness (QED) is 0.162. The lowest BCUT2D eigenvalue weighted by Crippen LogP contribution is -2.48. The summed E-state index contributed by atoms with van der Waals surface area (Å²) in [5.41, 5.74) is -0.364. The summed E-state index contributed by atoms with van der Waals surface area (Å²) in [6.07, 6.45) is 11.6. The van der Waals surface area contributed by atoms with Gasteiger partial charge in [0.2, 0.25) is 5.91 Å². The van der Waals surface area contributed by atoms with Gasteiger partial charge in [0.15, 0.2) is 5.82 Å². The van der Waals surface area contributed by atoms with Crippen molar-refractivity contribution in [3.05, 3.63) is 69.8 Å². The molecule has 3 saturated heterocycles. The Hall–Kier alpha value is -5.26. The molecule has 3 aromatic heterocycles. The number of thiazole rings is 1. The number of aromatic hydroxyl groups is 1. The molecule has 10 nitrogen and oxygen atoms in total. The molecule has 8 rings (SSSR count). The van der Waals surface area contributed by atoms with Crippen molar-refractivity contribution in [2.75, 3.05) is 50.8 Å². The number of terminal acetylenes is 1. The fourth-order valence-electron chi connectivity index (χ4n) is 7.88. The van der Waals surface area contributed by atoms with E-state index in [1.165, 1.54) is 41.7 Å². The van der Waals surface area contributed by atoms with Gasteiger partial charge in [-0.2, -0.15) is 9.97 Å². The molecule has 3 aliphatic rings. The van der Waals surface area contributed by atoms with E-state index in [9.17, 15) is 18.7 Å². The van der Waals surface area contributed by atoms with Gasteiger partial charge in [-0.3, -0.25) is 9.69 Å². The number of ether oxygens (including phenoxy) is 1. The predicted octanol–water partition coefficient (Wildman–Crippen LogP) is 5.89. The van der Waals surface area contributed by atoms with Crippen LogP contribution in [0.15, 0.2) is 41.9 Å². The number of hydrogen-bond donors (Lipinski definition) is 1. The number of pyridine rings is 1. The number of alkyl halides is 1. The first kappa shape index (κ1) is 33.9. The van der Waals surface area contributed by atoms with Crippen molar-refractivity contribution in [3.63, 3.8) is 0 Å². The third-order valence-corrected chi connectivity index (χ3v) is 11.1. The number of fused-ring (bicyclic) bond motifs is 3. The first-order valence-electron chi connectivity index (χ1n) is 17.1. The number of amides is 1. The normalized spacial score (nSPS) is 20.6. The van der Waals surface area contributed by atoms with Crippen LogP contribution in [0, 0.1) is 30.9 Å². The van der Waals surface area contributed by atoms with Crippen molar-refractivity contribution in [3.8, 4) is 35.4 Å². The summed E-state index contributed by atoms with van der Waals surface area (Å²) in [6.45, 7) is 4.47. The van der Waals surface area contributed by atoms with Crippen LogP contribution in [0.25, 0.3) is 39.0 Å². The van der Waals surface area contributed by atoms with Gasteiger partial charge in [-0.25, -0.2) is 23.1 Å². The van der Waals surface area contributed by atoms with E-state index >= 15 is 4.39 Å². The zero-order valence-corrected chi connectivity index (χ0v) is 29.1. The van der Waals surface area contributed by atoms with Gasteiger partial charge in [-0.05, 0) is 56.0 Å². The van der Waals surface area contributed by atoms with Crippen molar-refractivity contribution >= 4 is 50.8 Å². The van der Waals surface area contributed by atoms with E-state index < -0.39 is 23.3 Å². The van der Waals surface area contributed by atoms with Crippen LogP contribution in [0.2, 0.25) is 0 Å². The molecule has 1 N–H and O–H groups in total. The van der Waals surface area contributed by atoms with Crippen LogP contribution in [0.3, 0.4) is 0 Å². The summed E-state index contributed by atoms with van der Waals surface area (Å²) >= 11 is 1.44. The van der Waals surface area contributed by atoms with Gasteiger partial charge in [0, 0.05) is 67.7 Å². The number of carbonyl (C=O) groups excluding carboxylic acids is 1. The zero-order chi connectivity index (χ0) is 36.1. The maximum absolute atomic E-state index is 17.1. The Bertz CT molecular complexity index is 2290. The van der Waals surface area contributed by atoms with Gasteiger partial charge in [0.1, 0.15) is 46.4 Å². The van der Waals surface area contributed by atoms with Gasteiger partial charge in [0.25, 0.3) is 0 Å². The van der Waals surface area contributed by atoms with Crippen molar-refractivity contribution in [1.82, 2.24) is 29.7 Å². The number of rotatable bonds is 7. The largest absolute Gasteiger partial charge is 0.508 e. The van der Waals surface area contributed by atoms with Crippen molar-refractivity contribution in [2.24, 2.45) is 0 Å². The SMILES string of the molecule is C#Cc1c(F)ccc2cc(O)cc(-c3nc(C)c4c(N5CCN(C(=O)/C=C/c6nccs6)CC5)nc(OC[C@@]56CCCN5C[C@H](F)C6)nc4c3F)c12. The second kappa shape index (κ2) is 13.4. The Morgan fingerprint density at radius 3 is 2.75 bits per heavy atom. The number of phenols is 1. The number of carbonyl (C=O) groups is 1. The van der Waals surface area contributed by atoms with Crippen molar-refractivity contribution in [1.29, 1.82) is 0 Å². The summed E-state index contributed by atoms with van der Waals surface area (Å²) in [4.78, 5) is 37.0. The highest BCUT2D eigenvalue weighted by atomic mass is 32.1. The number of phenolic OH excluding ortho intramolecular Hbond substituents is 1. The van der Waals surface area contributed by atoms with Gasteiger partial charge in [0.05, 0.1) is 22.2 Å². The number of benzene rings is 2. The number of hydrogen-bond acceptors (Lipinski definition) is 10. The van der Waals surface area contributed by atoms with Crippen LogP contribution < -0.4 is 9.64 Å². The molecule has 3 aliphatic heterocycles. The average Bonchev–Trinajstić information content (AvgIpc) is 3.87. The highest BCUT2D eigenvalue weighted by Crippen LogP contribution is 2.42. The molecule has 1 amide bonds. The molecule has 6 heterocycles. The molecule has 0 radical (unpaired) electrons. The lowest BCUT2D eigenvalue weighted by molar-refractivity contribution is -0.126. The van der Waals surface area contributed by atoms with Gasteiger partial charge in [-0.1, -0.05) is 12.0 Å². The van der Waals surface area contributed by atoms with Crippen molar-refractivity contribution in [2.45, 2.75) is 37.9 Å². The van der Waals surface area contributed by atoms with E-state index in [2.05, 4.69) is 25.8 Å². The van der Waals surface area contributed by atoms with Crippen LogP contribution in [-0.4, -0.2) is 98.3 Å². The number of halogens is 3. The van der Waals surface area contributed by atoms with Crippen molar-refractivity contribution < 1.29 is 27.8 Å². The summed E-state index contributed by atoms with van der Waals surface area (Å²) in [7, 11) is 0. The first-order valence-corrected chi connectivity index (χ1v) is 18.0. The molecule has 2 atom stereocenters. The van der Waals surface area contributed by atoms with Crippen LogP contribution >= 0.6 is 11.3 Å². The molecule has 0 unspecified atom stereocenters. The number of nitrogens with zero attached hydrogens (tertiary/aromatic N) is 7. The Balaban J connectivity index is 1.20. The highest BCUT2D eigenvalue weighted by Gasteiger charge is 2.49. The summed E-state index contributed by atoms with van der Waals surface area (Å²) in [5.74, 6) is 0.918. The molecule has 14 heteroatoms. The lowest BCUT2D eigenvalue weighted by Gasteiger charge is -2.35. The van der Waals surface area contributed by atoms with Crippen LogP contribution in [0.1, 0.15) is 35.5 Å². The molecule has 0 bridgehead atoms. The van der Waals surface area contributed by atoms with Gasteiger partial charge >= 0.3 is 6.01 Å². The smallest absolute Gasteiger partial charge is 0.319 e. The first-order chi connectivity index (χ1) is 25.1. The maximum Gasteiger partial charge on any atom is 0.319 e. The molecule has 0 spiro atoms. The second-order valence-electron chi connectivity index (χ2n) is 13.5. The summed E-state index contributed by atoms with van der Waals surface area (Å²) in [6, 6.07) is 5.31.